The number of allylic oxidation sites excluding steroid dienone is 2. The first-order valence-corrected chi connectivity index (χ1v) is 9.25. The van der Waals surface area contributed by atoms with Gasteiger partial charge in [-0.15, -0.1) is 0 Å². The molecule has 1 saturated carbocycles. The Morgan fingerprint density at radius 2 is 1.92 bits per heavy atom. The Labute approximate surface area is 146 Å². The zero-order chi connectivity index (χ0) is 17.4. The second-order valence-corrected chi connectivity index (χ2v) is 6.97. The number of aliphatic hydroxyl groups is 1. The van der Waals surface area contributed by atoms with E-state index in [9.17, 15) is 9.90 Å². The maximum absolute atomic E-state index is 12.4. The maximum atomic E-state index is 12.4. The number of hydrogen-bond donors (Lipinski definition) is 1. The van der Waals surface area contributed by atoms with Crippen LogP contribution in [0.5, 0.6) is 0 Å². The number of carbonyl (C=O) groups is 1. The van der Waals surface area contributed by atoms with Gasteiger partial charge < -0.3 is 10.0 Å². The van der Waals surface area contributed by atoms with E-state index in [1.165, 1.54) is 32.1 Å². The molecule has 0 aromatic heterocycles. The van der Waals surface area contributed by atoms with Crippen molar-refractivity contribution < 1.29 is 9.90 Å². The summed E-state index contributed by atoms with van der Waals surface area (Å²) in [6, 6.07) is 9.29. The summed E-state index contributed by atoms with van der Waals surface area (Å²) in [6.07, 6.45) is 11.7. The van der Waals surface area contributed by atoms with Gasteiger partial charge in [-0.1, -0.05) is 61.7 Å². The smallest absolute Gasteiger partial charge is 0.222 e. The number of amides is 1. The minimum Gasteiger partial charge on any atom is -0.386 e. The molecular weight excluding hydrogens is 298 g/mol. The lowest BCUT2D eigenvalue weighted by molar-refractivity contribution is -0.133. The van der Waals surface area contributed by atoms with Gasteiger partial charge in [-0.3, -0.25) is 4.79 Å². The topological polar surface area (TPSA) is 40.5 Å². The fourth-order valence-corrected chi connectivity index (χ4v) is 3.37. The molecule has 0 radical (unpaired) electrons. The van der Waals surface area contributed by atoms with E-state index >= 15 is 0 Å². The summed E-state index contributed by atoms with van der Waals surface area (Å²) >= 11 is 0. The predicted octanol–water partition coefficient (Wildman–Crippen LogP) is 4.48. The van der Waals surface area contributed by atoms with E-state index in [4.69, 9.17) is 0 Å². The number of carbonyl (C=O) groups excluding carboxylic acids is 1. The Hall–Kier alpha value is -1.61. The third kappa shape index (κ3) is 5.48. The first kappa shape index (κ1) is 18.7. The van der Waals surface area contributed by atoms with Crippen LogP contribution in [-0.2, 0) is 4.79 Å². The molecule has 1 fully saturated rings. The minimum atomic E-state index is -0.655. The molecule has 0 bridgehead atoms. The van der Waals surface area contributed by atoms with Gasteiger partial charge in [0.15, 0.2) is 0 Å². The third-order valence-corrected chi connectivity index (χ3v) is 5.19. The molecule has 2 rings (SSSR count). The van der Waals surface area contributed by atoms with E-state index in [-0.39, 0.29) is 11.9 Å². The average molecular weight is 329 g/mol. The van der Waals surface area contributed by atoms with Crippen molar-refractivity contribution in [1.82, 2.24) is 4.90 Å². The summed E-state index contributed by atoms with van der Waals surface area (Å²) < 4.78 is 0. The van der Waals surface area contributed by atoms with Gasteiger partial charge in [-0.25, -0.2) is 0 Å². The zero-order valence-electron chi connectivity index (χ0n) is 15.0. The highest BCUT2D eigenvalue weighted by molar-refractivity contribution is 5.76. The van der Waals surface area contributed by atoms with E-state index < -0.39 is 6.10 Å². The number of aliphatic hydroxyl groups excluding tert-OH is 1. The number of hydrogen-bond acceptors (Lipinski definition) is 2. The molecule has 0 heterocycles. The monoisotopic (exact) mass is 329 g/mol. The van der Waals surface area contributed by atoms with E-state index in [0.717, 1.165) is 12.0 Å². The summed E-state index contributed by atoms with van der Waals surface area (Å²) in [5.74, 6) is 0.802. The summed E-state index contributed by atoms with van der Waals surface area (Å²) in [6.45, 7) is 1.90. The van der Waals surface area contributed by atoms with Crippen LogP contribution in [0.1, 0.15) is 63.5 Å². The summed E-state index contributed by atoms with van der Waals surface area (Å²) in [5.41, 5.74) is 0.849. The van der Waals surface area contributed by atoms with Crippen LogP contribution in [0, 0.1) is 5.92 Å². The molecule has 0 saturated heterocycles. The molecule has 1 N–H and O–H groups in total. The van der Waals surface area contributed by atoms with Gasteiger partial charge in [0.25, 0.3) is 0 Å². The van der Waals surface area contributed by atoms with Gasteiger partial charge in [-0.2, -0.15) is 0 Å². The molecule has 1 aliphatic rings. The number of nitrogens with zero attached hydrogens (tertiary/aromatic N) is 1. The van der Waals surface area contributed by atoms with Gasteiger partial charge in [-0.05, 0) is 37.7 Å². The third-order valence-electron chi connectivity index (χ3n) is 5.19. The molecule has 0 aliphatic heterocycles. The summed E-state index contributed by atoms with van der Waals surface area (Å²) in [7, 11) is 1.78. The van der Waals surface area contributed by atoms with Crippen LogP contribution in [0.25, 0.3) is 0 Å². The summed E-state index contributed by atoms with van der Waals surface area (Å²) in [5, 5.41) is 10.4. The first-order valence-electron chi connectivity index (χ1n) is 9.25. The van der Waals surface area contributed by atoms with Crippen molar-refractivity contribution in [3.8, 4) is 0 Å². The Balaban J connectivity index is 1.77. The van der Waals surface area contributed by atoms with Crippen LogP contribution >= 0.6 is 0 Å². The molecule has 1 aromatic carbocycles. The van der Waals surface area contributed by atoms with Crippen LogP contribution < -0.4 is 0 Å². The predicted molar refractivity (Wildman–Crippen MR) is 98.6 cm³/mol. The Morgan fingerprint density at radius 3 is 2.58 bits per heavy atom. The fourth-order valence-electron chi connectivity index (χ4n) is 3.37. The van der Waals surface area contributed by atoms with Crippen LogP contribution in [-0.4, -0.2) is 29.0 Å². The van der Waals surface area contributed by atoms with Crippen LogP contribution in [0.2, 0.25) is 0 Å². The average Bonchev–Trinajstić information content (AvgIpc) is 2.64. The SMILES string of the molecule is C[C@H]([C@H](O)c1ccccc1)N(C)C(=O)CC/C=C/C1CCCCC1. The van der Waals surface area contributed by atoms with Crippen molar-refractivity contribution >= 4 is 5.91 Å². The molecule has 24 heavy (non-hydrogen) atoms. The number of likely N-dealkylation sites (N-methyl/N-ethyl adjacent to an activating group) is 1. The molecular formula is C21H31NO2. The largest absolute Gasteiger partial charge is 0.386 e. The zero-order valence-corrected chi connectivity index (χ0v) is 15.0. The Kier molecular flexibility index (Phi) is 7.51. The van der Waals surface area contributed by atoms with Crippen LogP contribution in [0.3, 0.4) is 0 Å². The van der Waals surface area contributed by atoms with E-state index in [1.54, 1.807) is 11.9 Å². The van der Waals surface area contributed by atoms with Crippen molar-refractivity contribution in [3.63, 3.8) is 0 Å². The molecule has 0 unspecified atom stereocenters. The van der Waals surface area contributed by atoms with Crippen molar-refractivity contribution in [2.24, 2.45) is 5.92 Å². The molecule has 1 aliphatic carbocycles. The van der Waals surface area contributed by atoms with Gasteiger partial charge >= 0.3 is 0 Å². The Morgan fingerprint density at radius 1 is 1.25 bits per heavy atom. The fraction of sp³-hybridized carbons (Fsp3) is 0.571. The van der Waals surface area contributed by atoms with Gasteiger partial charge in [0.2, 0.25) is 5.91 Å². The lowest BCUT2D eigenvalue weighted by Gasteiger charge is -2.29. The molecule has 1 amide bonds. The summed E-state index contributed by atoms with van der Waals surface area (Å²) in [4.78, 5) is 14.0. The lowest BCUT2D eigenvalue weighted by atomic mass is 9.89. The minimum absolute atomic E-state index is 0.0887. The van der Waals surface area contributed by atoms with Crippen molar-refractivity contribution in [2.45, 2.75) is 64.0 Å². The molecule has 3 nitrogen and oxygen atoms in total. The first-order chi connectivity index (χ1) is 11.6. The molecule has 1 aromatic rings. The maximum Gasteiger partial charge on any atom is 0.222 e. The van der Waals surface area contributed by atoms with Crippen molar-refractivity contribution in [1.29, 1.82) is 0 Å². The molecule has 132 valence electrons. The van der Waals surface area contributed by atoms with Gasteiger partial charge in [0.05, 0.1) is 12.1 Å². The number of rotatable bonds is 7. The quantitative estimate of drug-likeness (QED) is 0.749. The second kappa shape index (κ2) is 9.63. The van der Waals surface area contributed by atoms with E-state index in [0.29, 0.717) is 12.3 Å². The van der Waals surface area contributed by atoms with Crippen LogP contribution in [0.4, 0.5) is 0 Å². The van der Waals surface area contributed by atoms with Gasteiger partial charge in [0.1, 0.15) is 0 Å². The second-order valence-electron chi connectivity index (χ2n) is 6.97. The van der Waals surface area contributed by atoms with Crippen molar-refractivity contribution in [2.75, 3.05) is 7.05 Å². The Bertz CT molecular complexity index is 520. The van der Waals surface area contributed by atoms with Crippen molar-refractivity contribution in [3.05, 3.63) is 48.0 Å². The highest BCUT2D eigenvalue weighted by Gasteiger charge is 2.23. The normalized spacial score (nSPS) is 18.5. The van der Waals surface area contributed by atoms with E-state index in [1.807, 2.05) is 37.3 Å². The highest BCUT2D eigenvalue weighted by Crippen LogP contribution is 2.25. The van der Waals surface area contributed by atoms with Gasteiger partial charge in [0, 0.05) is 13.5 Å². The lowest BCUT2D eigenvalue weighted by Crippen LogP contribution is -2.38. The standard InChI is InChI=1S/C21H31NO2/c1-17(21(24)19-14-7-4-8-15-19)22(2)20(23)16-10-9-13-18-11-5-3-6-12-18/h4,7-9,13-15,17-18,21,24H,3,5-6,10-12,16H2,1-2H3/b13-9+/t17-,21+/m1/s1. The van der Waals surface area contributed by atoms with Crippen LogP contribution in [0.15, 0.2) is 42.5 Å². The highest BCUT2D eigenvalue weighted by atomic mass is 16.3. The van der Waals surface area contributed by atoms with E-state index in [2.05, 4.69) is 12.2 Å². The molecule has 2 atom stereocenters. The molecule has 3 heteroatoms. The molecule has 0 spiro atoms. The number of benzene rings is 1.